The van der Waals surface area contributed by atoms with Gasteiger partial charge in [0.05, 0.1) is 5.69 Å². The van der Waals surface area contributed by atoms with Gasteiger partial charge in [0.25, 0.3) is 11.8 Å². The number of hydrogen-bond acceptors (Lipinski definition) is 5. The van der Waals surface area contributed by atoms with Gasteiger partial charge in [0.2, 0.25) is 0 Å². The topological polar surface area (TPSA) is 87.0 Å². The highest BCUT2D eigenvalue weighted by atomic mass is 19.3. The van der Waals surface area contributed by atoms with Gasteiger partial charge in [-0.25, -0.2) is 18.2 Å². The van der Waals surface area contributed by atoms with Crippen LogP contribution in [0.3, 0.4) is 0 Å². The van der Waals surface area contributed by atoms with Crippen LogP contribution in [-0.2, 0) is 0 Å². The van der Waals surface area contributed by atoms with E-state index in [9.17, 15) is 18.0 Å². The number of hydrogen-bond donors (Lipinski definition) is 2. The number of fused-ring (bicyclic) bond motifs is 1. The molecule has 0 radical (unpaired) electrons. The zero-order chi connectivity index (χ0) is 22.3. The van der Waals surface area contributed by atoms with E-state index in [2.05, 4.69) is 20.4 Å². The maximum Gasteiger partial charge on any atom is 0.277 e. The number of halogens is 3. The van der Waals surface area contributed by atoms with E-state index < -0.39 is 17.6 Å². The Kier molecular flexibility index (Phi) is 4.84. The Morgan fingerprint density at radius 1 is 1.19 bits per heavy atom. The molecule has 1 aromatic carbocycles. The van der Waals surface area contributed by atoms with Gasteiger partial charge in [0.1, 0.15) is 0 Å². The minimum atomic E-state index is -2.73. The van der Waals surface area contributed by atoms with Crippen molar-refractivity contribution in [3.8, 4) is 11.3 Å². The third-order valence-corrected chi connectivity index (χ3v) is 5.48. The molecule has 4 aromatic rings. The second-order valence-corrected chi connectivity index (χ2v) is 7.65. The molecule has 3 aromatic heterocycles. The van der Waals surface area contributed by atoms with Crippen molar-refractivity contribution >= 4 is 28.3 Å². The van der Waals surface area contributed by atoms with Crippen molar-refractivity contribution in [2.24, 2.45) is 0 Å². The molecule has 32 heavy (non-hydrogen) atoms. The first-order valence-corrected chi connectivity index (χ1v) is 10.0. The Morgan fingerprint density at radius 2 is 1.97 bits per heavy atom. The van der Waals surface area contributed by atoms with Crippen molar-refractivity contribution in [3.63, 3.8) is 0 Å². The summed E-state index contributed by atoms with van der Waals surface area (Å²) in [6, 6.07) is 10.1. The molecule has 0 unspecified atom stereocenters. The second kappa shape index (κ2) is 7.70. The van der Waals surface area contributed by atoms with Gasteiger partial charge in [-0.05, 0) is 12.1 Å². The molecular weight excluding hydrogens is 423 g/mol. The zero-order valence-electron chi connectivity index (χ0n) is 16.7. The molecule has 0 saturated carbocycles. The number of piperidine rings is 1. The van der Waals surface area contributed by atoms with Gasteiger partial charge in [-0.15, -0.1) is 0 Å². The molecule has 164 valence electrons. The smallest absolute Gasteiger partial charge is 0.277 e. The number of aromatic nitrogens is 3. The van der Waals surface area contributed by atoms with E-state index in [0.717, 1.165) is 10.9 Å². The maximum absolute atomic E-state index is 14.6. The fourth-order valence-electron chi connectivity index (χ4n) is 3.72. The fourth-order valence-corrected chi connectivity index (χ4v) is 3.72. The van der Waals surface area contributed by atoms with Gasteiger partial charge in [-0.1, -0.05) is 23.4 Å². The Bertz CT molecular complexity index is 1290. The number of para-hydroxylation sites is 1. The zero-order valence-corrected chi connectivity index (χ0v) is 16.7. The number of alkyl halides is 2. The lowest BCUT2D eigenvalue weighted by molar-refractivity contribution is -0.0222. The molecule has 0 bridgehead atoms. The third kappa shape index (κ3) is 3.79. The van der Waals surface area contributed by atoms with E-state index in [1.165, 1.54) is 23.2 Å². The number of H-pyrrole nitrogens is 1. The third-order valence-electron chi connectivity index (χ3n) is 5.48. The summed E-state index contributed by atoms with van der Waals surface area (Å²) in [5.41, 5.74) is 1.78. The Labute approximate surface area is 180 Å². The van der Waals surface area contributed by atoms with Gasteiger partial charge >= 0.3 is 0 Å². The second-order valence-electron chi connectivity index (χ2n) is 7.65. The van der Waals surface area contributed by atoms with Crippen LogP contribution in [0.1, 0.15) is 23.3 Å². The molecule has 7 nitrogen and oxygen atoms in total. The van der Waals surface area contributed by atoms with Crippen LogP contribution in [0.15, 0.2) is 53.3 Å². The van der Waals surface area contributed by atoms with Crippen molar-refractivity contribution in [1.29, 1.82) is 0 Å². The first kappa shape index (κ1) is 20.1. The van der Waals surface area contributed by atoms with E-state index in [-0.39, 0.29) is 48.8 Å². The summed E-state index contributed by atoms with van der Waals surface area (Å²) in [6.07, 6.45) is 2.37. The van der Waals surface area contributed by atoms with Crippen LogP contribution in [0, 0.1) is 5.82 Å². The molecule has 1 saturated heterocycles. The highest BCUT2D eigenvalue weighted by Crippen LogP contribution is 2.32. The number of nitrogens with one attached hydrogen (secondary N) is 2. The Morgan fingerprint density at radius 3 is 2.75 bits per heavy atom. The molecule has 5 rings (SSSR count). The SMILES string of the molecule is O=C(Nc1c[nH]c2ccccc12)c1cc(-c2cnc(N3CCC(F)(F)CC3)c(F)c2)on1. The minimum absolute atomic E-state index is 0.0149. The Balaban J connectivity index is 1.32. The molecule has 1 aliphatic heterocycles. The lowest BCUT2D eigenvalue weighted by atomic mass is 10.1. The van der Waals surface area contributed by atoms with Crippen LogP contribution >= 0.6 is 0 Å². The maximum atomic E-state index is 14.6. The normalized spacial score (nSPS) is 15.8. The van der Waals surface area contributed by atoms with Crippen molar-refractivity contribution in [2.75, 3.05) is 23.3 Å². The first-order valence-electron chi connectivity index (χ1n) is 10.0. The van der Waals surface area contributed by atoms with Crippen LogP contribution in [-0.4, -0.2) is 40.0 Å². The molecule has 0 aliphatic carbocycles. The van der Waals surface area contributed by atoms with E-state index in [4.69, 9.17) is 4.52 Å². The van der Waals surface area contributed by atoms with Gasteiger partial charge < -0.3 is 19.7 Å². The first-order chi connectivity index (χ1) is 15.4. The van der Waals surface area contributed by atoms with Crippen molar-refractivity contribution in [3.05, 3.63) is 60.3 Å². The molecule has 0 atom stereocenters. The summed E-state index contributed by atoms with van der Waals surface area (Å²) in [7, 11) is 0. The molecule has 2 N–H and O–H groups in total. The fraction of sp³-hybridized carbons (Fsp3) is 0.227. The molecular formula is C22H18F3N5O2. The predicted molar refractivity (Wildman–Crippen MR) is 112 cm³/mol. The summed E-state index contributed by atoms with van der Waals surface area (Å²) >= 11 is 0. The van der Waals surface area contributed by atoms with Gasteiger partial charge in [-0.2, -0.15) is 0 Å². The number of amides is 1. The lowest BCUT2D eigenvalue weighted by Crippen LogP contribution is -2.40. The summed E-state index contributed by atoms with van der Waals surface area (Å²) in [5, 5.41) is 7.38. The molecule has 1 fully saturated rings. The number of carbonyl (C=O) groups is 1. The summed E-state index contributed by atoms with van der Waals surface area (Å²) in [6.45, 7) is 0.0491. The van der Waals surface area contributed by atoms with Crippen molar-refractivity contribution in [2.45, 2.75) is 18.8 Å². The van der Waals surface area contributed by atoms with Crippen LogP contribution in [0.25, 0.3) is 22.2 Å². The Hall–Kier alpha value is -3.82. The van der Waals surface area contributed by atoms with E-state index in [0.29, 0.717) is 5.69 Å². The average Bonchev–Trinajstić information content (AvgIpc) is 3.42. The van der Waals surface area contributed by atoms with Gasteiger partial charge in [0.15, 0.2) is 23.1 Å². The molecule has 4 heterocycles. The molecule has 10 heteroatoms. The highest BCUT2D eigenvalue weighted by molar-refractivity contribution is 6.08. The van der Waals surface area contributed by atoms with Crippen LogP contribution in [0.4, 0.5) is 24.7 Å². The highest BCUT2D eigenvalue weighted by Gasteiger charge is 2.35. The quantitative estimate of drug-likeness (QED) is 0.473. The number of benzene rings is 1. The van der Waals surface area contributed by atoms with E-state index >= 15 is 0 Å². The lowest BCUT2D eigenvalue weighted by Gasteiger charge is -2.32. The van der Waals surface area contributed by atoms with Crippen molar-refractivity contribution < 1.29 is 22.5 Å². The van der Waals surface area contributed by atoms with Crippen LogP contribution in [0.5, 0.6) is 0 Å². The molecule has 1 amide bonds. The number of pyridine rings is 1. The monoisotopic (exact) mass is 441 g/mol. The number of nitrogens with zero attached hydrogens (tertiary/aromatic N) is 3. The summed E-state index contributed by atoms with van der Waals surface area (Å²) in [4.78, 5) is 21.2. The number of rotatable bonds is 4. The number of aromatic amines is 1. The number of carbonyl (C=O) groups excluding carboxylic acids is 1. The standard InChI is InChI=1S/C22H18F3N5O2/c23-15-9-13(11-27-20(15)30-7-5-22(24,25)6-8-30)19-10-17(29-32-19)21(31)28-18-12-26-16-4-2-1-3-14(16)18/h1-4,9-12,26H,5-8H2,(H,28,31). The van der Waals surface area contributed by atoms with Crippen molar-refractivity contribution in [1.82, 2.24) is 15.1 Å². The van der Waals surface area contributed by atoms with Crippen LogP contribution < -0.4 is 10.2 Å². The average molecular weight is 441 g/mol. The predicted octanol–water partition coefficient (Wildman–Crippen LogP) is 4.84. The number of anilines is 2. The summed E-state index contributed by atoms with van der Waals surface area (Å²) in [5.74, 6) is -3.69. The largest absolute Gasteiger partial charge is 0.359 e. The van der Waals surface area contributed by atoms with E-state index in [1.807, 2.05) is 24.3 Å². The van der Waals surface area contributed by atoms with Gasteiger partial charge in [-0.3, -0.25) is 4.79 Å². The minimum Gasteiger partial charge on any atom is -0.359 e. The summed E-state index contributed by atoms with van der Waals surface area (Å²) < 4.78 is 46.5. The van der Waals surface area contributed by atoms with Crippen LogP contribution in [0.2, 0.25) is 0 Å². The molecule has 0 spiro atoms. The van der Waals surface area contributed by atoms with Gasteiger partial charge in [0, 0.05) is 60.9 Å². The van der Waals surface area contributed by atoms with E-state index in [1.54, 1.807) is 6.20 Å². The molecule has 1 aliphatic rings.